The molecule has 1 unspecified atom stereocenters. The Morgan fingerprint density at radius 2 is 1.73 bits per heavy atom. The first kappa shape index (κ1) is 20.1. The van der Waals surface area contributed by atoms with E-state index >= 15 is 0 Å². The van der Waals surface area contributed by atoms with Crippen molar-refractivity contribution >= 4 is 17.8 Å². The van der Waals surface area contributed by atoms with Crippen LogP contribution in [0.4, 0.5) is 9.18 Å². The zero-order valence-electron chi connectivity index (χ0n) is 17.1. The summed E-state index contributed by atoms with van der Waals surface area (Å²) in [5.74, 6) is -0.279. The molecule has 2 heterocycles. The monoisotopic (exact) mass is 409 g/mol. The molecular weight excluding hydrogens is 385 g/mol. The number of hydrogen-bond acceptors (Lipinski definition) is 3. The van der Waals surface area contributed by atoms with E-state index in [0.717, 1.165) is 22.3 Å². The Balaban J connectivity index is 1.50. The minimum Gasteiger partial charge on any atom is -0.332 e. The van der Waals surface area contributed by atoms with Crippen molar-refractivity contribution in [3.63, 3.8) is 0 Å². The van der Waals surface area contributed by atoms with Gasteiger partial charge in [0.15, 0.2) is 0 Å². The molecule has 0 bridgehead atoms. The molecule has 0 aromatic heterocycles. The number of alkyl halides is 1. The fraction of sp³-hybridized carbons (Fsp3) is 0.348. The Morgan fingerprint density at radius 3 is 2.37 bits per heavy atom. The van der Waals surface area contributed by atoms with Gasteiger partial charge in [-0.3, -0.25) is 14.5 Å². The van der Waals surface area contributed by atoms with Crippen LogP contribution in [0.3, 0.4) is 0 Å². The van der Waals surface area contributed by atoms with E-state index in [0.29, 0.717) is 25.2 Å². The number of likely N-dealkylation sites (N-methyl/N-ethyl adjacent to an activating group) is 1. The summed E-state index contributed by atoms with van der Waals surface area (Å²) >= 11 is 0. The molecule has 7 heteroatoms. The zero-order valence-corrected chi connectivity index (χ0v) is 17.1. The van der Waals surface area contributed by atoms with E-state index in [2.05, 4.69) is 0 Å². The normalized spacial score (nSPS) is 18.6. The highest BCUT2D eigenvalue weighted by Gasteiger charge is 2.41. The van der Waals surface area contributed by atoms with Crippen LogP contribution in [0.1, 0.15) is 35.3 Å². The largest absolute Gasteiger partial charge is 0.332 e. The maximum absolute atomic E-state index is 12.6. The van der Waals surface area contributed by atoms with Gasteiger partial charge in [0.05, 0.1) is 0 Å². The molecule has 0 N–H and O–H groups in total. The van der Waals surface area contributed by atoms with Crippen LogP contribution in [-0.4, -0.2) is 58.4 Å². The number of rotatable bonds is 6. The number of carbonyl (C=O) groups excluding carboxylic acids is 3. The predicted octanol–water partition coefficient (Wildman–Crippen LogP) is 3.45. The first-order chi connectivity index (χ1) is 14.4. The minimum atomic E-state index is -0.548. The fourth-order valence-corrected chi connectivity index (χ4v) is 4.11. The van der Waals surface area contributed by atoms with Crippen molar-refractivity contribution in [2.45, 2.75) is 33.0 Å². The van der Waals surface area contributed by atoms with E-state index < -0.39 is 12.7 Å². The van der Waals surface area contributed by atoms with E-state index in [1.807, 2.05) is 36.4 Å². The topological polar surface area (TPSA) is 60.9 Å². The van der Waals surface area contributed by atoms with E-state index in [-0.39, 0.29) is 24.4 Å². The number of amides is 4. The van der Waals surface area contributed by atoms with Gasteiger partial charge in [-0.15, -0.1) is 0 Å². The molecule has 0 spiro atoms. The molecule has 6 nitrogen and oxygen atoms in total. The average Bonchev–Trinajstić information content (AvgIpc) is 3.17. The summed E-state index contributed by atoms with van der Waals surface area (Å²) in [6.07, 6.45) is 0. The lowest BCUT2D eigenvalue weighted by Gasteiger charge is -2.19. The standard InChI is InChI=1S/C23H24FN3O3/c1-3-26-21(28)15(2)27(23(26)30)13-16-4-6-17(7-5-16)18-8-9-20-19(12-18)14-25(11-10-24)22(20)29/h4-9,12,15H,3,10-11,13-14H2,1-2H3. The molecule has 30 heavy (non-hydrogen) atoms. The lowest BCUT2D eigenvalue weighted by atomic mass is 9.99. The molecule has 4 rings (SSSR count). The average molecular weight is 409 g/mol. The van der Waals surface area contributed by atoms with E-state index in [1.165, 1.54) is 9.80 Å². The second kappa shape index (κ2) is 7.89. The summed E-state index contributed by atoms with van der Waals surface area (Å²) in [5.41, 5.74) is 4.45. The Kier molecular flexibility index (Phi) is 5.28. The Labute approximate surface area is 174 Å². The molecule has 2 aromatic rings. The van der Waals surface area contributed by atoms with E-state index in [9.17, 15) is 18.8 Å². The highest BCUT2D eigenvalue weighted by Crippen LogP contribution is 2.29. The van der Waals surface area contributed by atoms with Crippen molar-refractivity contribution in [3.05, 3.63) is 59.2 Å². The number of nitrogens with zero attached hydrogens (tertiary/aromatic N) is 3. The van der Waals surface area contributed by atoms with Gasteiger partial charge in [0.1, 0.15) is 12.7 Å². The van der Waals surface area contributed by atoms with Crippen molar-refractivity contribution in [1.29, 1.82) is 0 Å². The van der Waals surface area contributed by atoms with Crippen LogP contribution >= 0.6 is 0 Å². The van der Waals surface area contributed by atoms with E-state index in [1.54, 1.807) is 24.8 Å². The summed E-state index contributed by atoms with van der Waals surface area (Å²) in [7, 11) is 0. The van der Waals surface area contributed by atoms with Crippen molar-refractivity contribution in [1.82, 2.24) is 14.7 Å². The maximum atomic E-state index is 12.6. The SMILES string of the molecule is CCN1C(=O)C(C)N(Cc2ccc(-c3ccc4c(c3)CN(CCF)C4=O)cc2)C1=O. The van der Waals surface area contributed by atoms with Gasteiger partial charge in [-0.25, -0.2) is 9.18 Å². The van der Waals surface area contributed by atoms with Gasteiger partial charge in [0, 0.05) is 31.7 Å². The predicted molar refractivity (Wildman–Crippen MR) is 110 cm³/mol. The molecule has 156 valence electrons. The van der Waals surface area contributed by atoms with Gasteiger partial charge in [-0.2, -0.15) is 0 Å². The van der Waals surface area contributed by atoms with Gasteiger partial charge in [-0.05, 0) is 48.2 Å². The maximum Gasteiger partial charge on any atom is 0.327 e. The number of carbonyl (C=O) groups is 3. The summed E-state index contributed by atoms with van der Waals surface area (Å²) in [4.78, 5) is 41.3. The van der Waals surface area contributed by atoms with Gasteiger partial charge in [0.25, 0.3) is 11.8 Å². The third-order valence-corrected chi connectivity index (χ3v) is 5.86. The molecule has 1 saturated heterocycles. The molecule has 0 radical (unpaired) electrons. The zero-order chi connectivity index (χ0) is 21.4. The molecule has 4 amide bonds. The Bertz CT molecular complexity index is 1010. The fourth-order valence-electron chi connectivity index (χ4n) is 4.11. The van der Waals surface area contributed by atoms with Crippen LogP contribution in [0.2, 0.25) is 0 Å². The second-order valence-electron chi connectivity index (χ2n) is 7.65. The highest BCUT2D eigenvalue weighted by atomic mass is 19.1. The number of benzene rings is 2. The van der Waals surface area contributed by atoms with Crippen molar-refractivity contribution < 1.29 is 18.8 Å². The van der Waals surface area contributed by atoms with Crippen LogP contribution in [0.15, 0.2) is 42.5 Å². The lowest BCUT2D eigenvalue weighted by Crippen LogP contribution is -2.33. The number of fused-ring (bicyclic) bond motifs is 1. The summed E-state index contributed by atoms with van der Waals surface area (Å²) in [6.45, 7) is 4.29. The summed E-state index contributed by atoms with van der Waals surface area (Å²) in [5, 5.41) is 0. The first-order valence-electron chi connectivity index (χ1n) is 10.1. The molecular formula is C23H24FN3O3. The molecule has 0 aliphatic carbocycles. The van der Waals surface area contributed by atoms with Crippen LogP contribution in [0.25, 0.3) is 11.1 Å². The van der Waals surface area contributed by atoms with Crippen LogP contribution in [-0.2, 0) is 17.9 Å². The third kappa shape index (κ3) is 3.34. The quantitative estimate of drug-likeness (QED) is 0.687. The molecule has 1 fully saturated rings. The smallest absolute Gasteiger partial charge is 0.327 e. The third-order valence-electron chi connectivity index (χ3n) is 5.86. The van der Waals surface area contributed by atoms with Crippen LogP contribution in [0, 0.1) is 0 Å². The Morgan fingerprint density at radius 1 is 1.03 bits per heavy atom. The minimum absolute atomic E-state index is 0.114. The van der Waals surface area contributed by atoms with Gasteiger partial charge < -0.3 is 9.80 Å². The first-order valence-corrected chi connectivity index (χ1v) is 10.1. The number of hydrogen-bond donors (Lipinski definition) is 0. The van der Waals surface area contributed by atoms with Crippen LogP contribution < -0.4 is 0 Å². The molecule has 2 aliphatic rings. The lowest BCUT2D eigenvalue weighted by molar-refractivity contribution is -0.127. The van der Waals surface area contributed by atoms with Gasteiger partial charge in [-0.1, -0.05) is 30.3 Å². The Hall–Kier alpha value is -3.22. The molecule has 1 atom stereocenters. The summed E-state index contributed by atoms with van der Waals surface area (Å²) in [6, 6.07) is 12.8. The van der Waals surface area contributed by atoms with Crippen molar-refractivity contribution in [3.8, 4) is 11.1 Å². The van der Waals surface area contributed by atoms with Gasteiger partial charge >= 0.3 is 6.03 Å². The van der Waals surface area contributed by atoms with Crippen molar-refractivity contribution in [2.24, 2.45) is 0 Å². The second-order valence-corrected chi connectivity index (χ2v) is 7.65. The van der Waals surface area contributed by atoms with Gasteiger partial charge in [0.2, 0.25) is 0 Å². The molecule has 2 aliphatic heterocycles. The van der Waals surface area contributed by atoms with Crippen molar-refractivity contribution in [2.75, 3.05) is 19.8 Å². The number of urea groups is 1. The molecule has 2 aromatic carbocycles. The van der Waals surface area contributed by atoms with Crippen LogP contribution in [0.5, 0.6) is 0 Å². The number of imide groups is 1. The number of halogens is 1. The molecule has 0 saturated carbocycles. The summed E-state index contributed by atoms with van der Waals surface area (Å²) < 4.78 is 12.6. The highest BCUT2D eigenvalue weighted by molar-refractivity contribution is 6.04. The van der Waals surface area contributed by atoms with E-state index in [4.69, 9.17) is 0 Å².